The number of nitrogens with one attached hydrogen (secondary N) is 2. The minimum absolute atomic E-state index is 0.147. The van der Waals surface area contributed by atoms with Crippen LogP contribution in [0.4, 0.5) is 0 Å². The predicted octanol–water partition coefficient (Wildman–Crippen LogP) is 0.252. The molecule has 1 atom stereocenters. The number of aliphatic hydroxyl groups excluding tert-OH is 1. The van der Waals surface area contributed by atoms with Gasteiger partial charge in [0.25, 0.3) is 5.91 Å². The summed E-state index contributed by atoms with van der Waals surface area (Å²) in [5.74, 6) is 0.804. The van der Waals surface area contributed by atoms with E-state index in [9.17, 15) is 4.79 Å². The summed E-state index contributed by atoms with van der Waals surface area (Å²) in [5.41, 5.74) is 0. The Balaban J connectivity index is 2.40. The van der Waals surface area contributed by atoms with Crippen LogP contribution in [-0.2, 0) is 0 Å². The van der Waals surface area contributed by atoms with Crippen LogP contribution in [0, 0.1) is 12.8 Å². The number of carbonyl (C=O) groups is 1. The second-order valence-corrected chi connectivity index (χ2v) is 3.74. The molecule has 6 nitrogen and oxygen atoms in total. The predicted molar refractivity (Wildman–Crippen MR) is 58.9 cm³/mol. The molecular formula is C10H18N4O2. The standard InChI is InChI=1S/C10H18N4O2/c1-3-8(4-5-15)6-11-10(16)9-12-7(2)13-14-9/h8,15H,3-6H2,1-2H3,(H,11,16)(H,12,13,14). The van der Waals surface area contributed by atoms with E-state index in [4.69, 9.17) is 5.11 Å². The maximum atomic E-state index is 11.6. The lowest BCUT2D eigenvalue weighted by Gasteiger charge is -2.13. The van der Waals surface area contributed by atoms with E-state index in [0.29, 0.717) is 24.7 Å². The number of aromatic amines is 1. The lowest BCUT2D eigenvalue weighted by atomic mass is 10.0. The fourth-order valence-electron chi connectivity index (χ4n) is 1.39. The Labute approximate surface area is 94.5 Å². The Hall–Kier alpha value is -1.43. The Morgan fingerprint density at radius 2 is 2.38 bits per heavy atom. The van der Waals surface area contributed by atoms with Crippen molar-refractivity contribution in [3.05, 3.63) is 11.6 Å². The third kappa shape index (κ3) is 3.62. The van der Waals surface area contributed by atoms with E-state index < -0.39 is 0 Å². The van der Waals surface area contributed by atoms with Gasteiger partial charge in [0, 0.05) is 13.2 Å². The zero-order valence-corrected chi connectivity index (χ0v) is 9.66. The van der Waals surface area contributed by atoms with Crippen molar-refractivity contribution in [2.24, 2.45) is 5.92 Å². The molecule has 0 radical (unpaired) electrons. The number of carbonyl (C=O) groups excluding carboxylic acids is 1. The van der Waals surface area contributed by atoms with Crippen LogP contribution in [-0.4, -0.2) is 39.3 Å². The molecule has 1 aromatic rings. The fourth-order valence-corrected chi connectivity index (χ4v) is 1.39. The molecule has 1 rings (SSSR count). The number of aromatic nitrogens is 3. The van der Waals surface area contributed by atoms with Crippen molar-refractivity contribution in [1.29, 1.82) is 0 Å². The van der Waals surface area contributed by atoms with E-state index >= 15 is 0 Å². The van der Waals surface area contributed by atoms with E-state index in [1.807, 2.05) is 6.92 Å². The van der Waals surface area contributed by atoms with Gasteiger partial charge < -0.3 is 10.4 Å². The Morgan fingerprint density at radius 3 is 2.88 bits per heavy atom. The van der Waals surface area contributed by atoms with Gasteiger partial charge in [-0.25, -0.2) is 4.98 Å². The molecule has 0 saturated carbocycles. The minimum atomic E-state index is -0.277. The summed E-state index contributed by atoms with van der Waals surface area (Å²) in [6, 6.07) is 0. The molecule has 0 spiro atoms. The van der Waals surface area contributed by atoms with E-state index in [1.54, 1.807) is 6.92 Å². The molecule has 0 fully saturated rings. The van der Waals surface area contributed by atoms with E-state index in [2.05, 4.69) is 20.5 Å². The Morgan fingerprint density at radius 1 is 1.62 bits per heavy atom. The van der Waals surface area contributed by atoms with Gasteiger partial charge in [0.2, 0.25) is 5.82 Å². The second-order valence-electron chi connectivity index (χ2n) is 3.74. The van der Waals surface area contributed by atoms with Crippen LogP contribution in [0.5, 0.6) is 0 Å². The van der Waals surface area contributed by atoms with Crippen LogP contribution in [0.25, 0.3) is 0 Å². The van der Waals surface area contributed by atoms with Gasteiger partial charge in [0.05, 0.1) is 0 Å². The quantitative estimate of drug-likeness (QED) is 0.648. The highest BCUT2D eigenvalue weighted by atomic mass is 16.3. The van der Waals surface area contributed by atoms with Gasteiger partial charge in [-0.1, -0.05) is 13.3 Å². The van der Waals surface area contributed by atoms with E-state index in [-0.39, 0.29) is 18.3 Å². The van der Waals surface area contributed by atoms with Crippen molar-refractivity contribution in [2.75, 3.05) is 13.2 Å². The molecule has 1 aromatic heterocycles. The molecule has 90 valence electrons. The third-order valence-corrected chi connectivity index (χ3v) is 2.47. The maximum Gasteiger partial charge on any atom is 0.290 e. The number of hydrogen-bond acceptors (Lipinski definition) is 4. The van der Waals surface area contributed by atoms with Gasteiger partial charge in [-0.05, 0) is 19.3 Å². The minimum Gasteiger partial charge on any atom is -0.396 e. The molecule has 0 aliphatic rings. The van der Waals surface area contributed by atoms with Crippen molar-refractivity contribution in [3.63, 3.8) is 0 Å². The van der Waals surface area contributed by atoms with E-state index in [0.717, 1.165) is 6.42 Å². The van der Waals surface area contributed by atoms with Gasteiger partial charge in [0.15, 0.2) is 0 Å². The number of amides is 1. The maximum absolute atomic E-state index is 11.6. The first-order valence-corrected chi connectivity index (χ1v) is 5.45. The molecule has 1 unspecified atom stereocenters. The molecule has 16 heavy (non-hydrogen) atoms. The molecule has 6 heteroatoms. The lowest BCUT2D eigenvalue weighted by Crippen LogP contribution is -2.30. The fraction of sp³-hybridized carbons (Fsp3) is 0.700. The van der Waals surface area contributed by atoms with Gasteiger partial charge >= 0.3 is 0 Å². The highest BCUT2D eigenvalue weighted by Crippen LogP contribution is 2.05. The first-order chi connectivity index (χ1) is 7.67. The van der Waals surface area contributed by atoms with Crippen molar-refractivity contribution in [3.8, 4) is 0 Å². The number of aliphatic hydroxyl groups is 1. The summed E-state index contributed by atoms with van der Waals surface area (Å²) in [7, 11) is 0. The average Bonchev–Trinajstić information content (AvgIpc) is 2.70. The smallest absolute Gasteiger partial charge is 0.290 e. The number of hydrogen-bond donors (Lipinski definition) is 3. The Bertz CT molecular complexity index is 337. The van der Waals surface area contributed by atoms with Crippen LogP contribution in [0.15, 0.2) is 0 Å². The zero-order valence-electron chi connectivity index (χ0n) is 9.66. The summed E-state index contributed by atoms with van der Waals surface area (Å²) in [4.78, 5) is 15.5. The van der Waals surface area contributed by atoms with Crippen LogP contribution in [0.1, 0.15) is 36.2 Å². The normalized spacial score (nSPS) is 12.4. The second kappa shape index (κ2) is 6.22. The molecule has 0 aromatic carbocycles. The van der Waals surface area contributed by atoms with Gasteiger partial charge in [-0.3, -0.25) is 9.89 Å². The lowest BCUT2D eigenvalue weighted by molar-refractivity contribution is 0.0933. The first kappa shape index (κ1) is 12.6. The zero-order chi connectivity index (χ0) is 12.0. The van der Waals surface area contributed by atoms with E-state index in [1.165, 1.54) is 0 Å². The number of aryl methyl sites for hydroxylation is 1. The van der Waals surface area contributed by atoms with Crippen LogP contribution >= 0.6 is 0 Å². The number of rotatable bonds is 6. The van der Waals surface area contributed by atoms with Gasteiger partial charge in [-0.15, -0.1) is 5.10 Å². The molecule has 3 N–H and O–H groups in total. The number of H-pyrrole nitrogens is 1. The van der Waals surface area contributed by atoms with Crippen molar-refractivity contribution < 1.29 is 9.90 Å². The highest BCUT2D eigenvalue weighted by molar-refractivity contribution is 5.90. The van der Waals surface area contributed by atoms with Crippen LogP contribution in [0.2, 0.25) is 0 Å². The van der Waals surface area contributed by atoms with Crippen LogP contribution < -0.4 is 5.32 Å². The van der Waals surface area contributed by atoms with Crippen LogP contribution in [0.3, 0.4) is 0 Å². The summed E-state index contributed by atoms with van der Waals surface area (Å²) < 4.78 is 0. The summed E-state index contributed by atoms with van der Waals surface area (Å²) in [5, 5.41) is 17.9. The highest BCUT2D eigenvalue weighted by Gasteiger charge is 2.13. The topological polar surface area (TPSA) is 90.9 Å². The number of nitrogens with zero attached hydrogens (tertiary/aromatic N) is 2. The molecule has 0 bridgehead atoms. The SMILES string of the molecule is CCC(CCO)CNC(=O)c1n[nH]c(C)n1. The molecule has 1 amide bonds. The molecule has 0 saturated heterocycles. The average molecular weight is 226 g/mol. The van der Waals surface area contributed by atoms with Crippen molar-refractivity contribution in [1.82, 2.24) is 20.5 Å². The summed E-state index contributed by atoms with van der Waals surface area (Å²) in [6.45, 7) is 4.46. The summed E-state index contributed by atoms with van der Waals surface area (Å²) >= 11 is 0. The molecule has 1 heterocycles. The van der Waals surface area contributed by atoms with Crippen molar-refractivity contribution >= 4 is 5.91 Å². The monoisotopic (exact) mass is 226 g/mol. The summed E-state index contributed by atoms with van der Waals surface area (Å²) in [6.07, 6.45) is 1.62. The van der Waals surface area contributed by atoms with Gasteiger partial charge in [-0.2, -0.15) is 0 Å². The molecular weight excluding hydrogens is 208 g/mol. The largest absolute Gasteiger partial charge is 0.396 e. The molecule has 0 aliphatic carbocycles. The first-order valence-electron chi connectivity index (χ1n) is 5.45. The van der Waals surface area contributed by atoms with Gasteiger partial charge in [0.1, 0.15) is 5.82 Å². The third-order valence-electron chi connectivity index (χ3n) is 2.47. The Kier molecular flexibility index (Phi) is 4.91. The molecule has 0 aliphatic heterocycles. The van der Waals surface area contributed by atoms with Crippen molar-refractivity contribution in [2.45, 2.75) is 26.7 Å².